The van der Waals surface area contributed by atoms with Gasteiger partial charge >= 0.3 is 17.9 Å². The third-order valence-electron chi connectivity index (χ3n) is 12.5. The molecule has 0 aromatic carbocycles. The van der Waals surface area contributed by atoms with Crippen LogP contribution in [0.1, 0.15) is 329 Å². The van der Waals surface area contributed by atoms with Gasteiger partial charge in [-0.25, -0.2) is 0 Å². The Morgan fingerprint density at radius 3 is 0.522 bits per heavy atom. The average Bonchev–Trinajstić information content (AvgIpc) is 3.29. The summed E-state index contributed by atoms with van der Waals surface area (Å²) < 4.78 is 0. The summed E-state index contributed by atoms with van der Waals surface area (Å²) in [6.07, 6.45) is 72.5. The van der Waals surface area contributed by atoms with Crippen molar-refractivity contribution in [2.75, 3.05) is 0 Å². The van der Waals surface area contributed by atoms with Crippen molar-refractivity contribution in [2.45, 2.75) is 329 Å². The monoisotopic (exact) mass is 1070 g/mol. The van der Waals surface area contributed by atoms with Crippen LogP contribution < -0.4 is 0 Å². The van der Waals surface area contributed by atoms with Gasteiger partial charge in [-0.2, -0.15) is 0 Å². The van der Waals surface area contributed by atoms with E-state index in [1.165, 1.54) is 250 Å². The molecule has 0 heterocycles. The van der Waals surface area contributed by atoms with E-state index in [9.17, 15) is 14.4 Å². The molecule has 67 heavy (non-hydrogen) atoms. The van der Waals surface area contributed by atoms with Crippen molar-refractivity contribution < 1.29 is 70.5 Å². The van der Waals surface area contributed by atoms with Crippen LogP contribution in [-0.4, -0.2) is 33.2 Å². The second kappa shape index (κ2) is 69.2. The predicted molar refractivity (Wildman–Crippen MR) is 289 cm³/mol. The van der Waals surface area contributed by atoms with Crippen LogP contribution in [0.2, 0.25) is 0 Å². The molecule has 0 atom stereocenters. The number of rotatable bonds is 51. The maximum absolute atomic E-state index is 10.4. The summed E-state index contributed by atoms with van der Waals surface area (Å²) in [5.41, 5.74) is 0. The van der Waals surface area contributed by atoms with E-state index < -0.39 is 17.9 Å². The van der Waals surface area contributed by atoms with Gasteiger partial charge in [-0.05, 0) is 96.3 Å². The van der Waals surface area contributed by atoms with Crippen LogP contribution in [0.25, 0.3) is 0 Å². The van der Waals surface area contributed by atoms with Gasteiger partial charge in [0.15, 0.2) is 0 Å². The van der Waals surface area contributed by atoms with Crippen LogP contribution in [-0.2, 0) is 14.4 Å². The molecule has 0 saturated carbocycles. The molecule has 0 rings (SSSR count). The molecular weight excluding hydrogens is 961 g/mol. The maximum atomic E-state index is 10.4. The molecule has 0 aliphatic heterocycles. The predicted octanol–water partition coefficient (Wildman–Crippen LogP) is 20.7. The quantitative estimate of drug-likeness (QED) is 0.0413. The number of unbranched alkanes of at least 4 members (excludes halogenated alkanes) is 39. The summed E-state index contributed by atoms with van der Waals surface area (Å²) in [6, 6.07) is 0. The summed E-state index contributed by atoms with van der Waals surface area (Å²) in [4.78, 5) is 31.1. The Morgan fingerprint density at radius 2 is 0.373 bits per heavy atom. The molecule has 0 saturated heterocycles. The minimum atomic E-state index is -0.663. The fourth-order valence-electron chi connectivity index (χ4n) is 8.10. The third kappa shape index (κ3) is 82.2. The van der Waals surface area contributed by atoms with Gasteiger partial charge in [-0.15, -0.1) is 0 Å². The molecule has 0 spiro atoms. The molecule has 0 bridgehead atoms. The first-order valence-electron chi connectivity index (χ1n) is 28.9. The van der Waals surface area contributed by atoms with Gasteiger partial charge in [0.1, 0.15) is 0 Å². The van der Waals surface area contributed by atoms with Crippen molar-refractivity contribution in [3.05, 3.63) is 36.5 Å². The average molecular weight is 1080 g/mol. The molecule has 394 valence electrons. The van der Waals surface area contributed by atoms with Crippen molar-refractivity contribution >= 4 is 17.9 Å². The van der Waals surface area contributed by atoms with Gasteiger partial charge in [0.2, 0.25) is 0 Å². The van der Waals surface area contributed by atoms with E-state index in [1.54, 1.807) is 0 Å². The minimum Gasteiger partial charge on any atom is -0.481 e. The standard InChI is InChI=1S/3C20H38O2.Nd/c3*1-2-3-4-5-6-7-8-9-10-11-12-13-14-15-16-17-18-19-20(21)22;/h3*11-12H,2-10,13-19H2,1H3,(H,21,22);/b3*12-11-;. The Kier molecular flexibility index (Phi) is 74.9. The van der Waals surface area contributed by atoms with Crippen LogP contribution in [0, 0.1) is 40.8 Å². The topological polar surface area (TPSA) is 112 Å². The smallest absolute Gasteiger partial charge is 0.303 e. The number of hydrogen-bond donors (Lipinski definition) is 3. The van der Waals surface area contributed by atoms with Gasteiger partial charge in [-0.3, -0.25) is 14.4 Å². The molecule has 0 unspecified atom stereocenters. The first kappa shape index (κ1) is 72.5. The summed E-state index contributed by atoms with van der Waals surface area (Å²) in [7, 11) is 0. The van der Waals surface area contributed by atoms with E-state index in [0.717, 1.165) is 38.5 Å². The number of aliphatic carboxylic acids is 3. The van der Waals surface area contributed by atoms with Gasteiger partial charge < -0.3 is 15.3 Å². The van der Waals surface area contributed by atoms with E-state index in [4.69, 9.17) is 15.3 Å². The van der Waals surface area contributed by atoms with Crippen LogP contribution >= 0.6 is 0 Å². The van der Waals surface area contributed by atoms with Crippen molar-refractivity contribution in [1.29, 1.82) is 0 Å². The largest absolute Gasteiger partial charge is 0.481 e. The Bertz CT molecular complexity index is 911. The van der Waals surface area contributed by atoms with Gasteiger partial charge in [-0.1, -0.05) is 250 Å². The van der Waals surface area contributed by atoms with Gasteiger partial charge in [0.05, 0.1) is 0 Å². The summed E-state index contributed by atoms with van der Waals surface area (Å²) in [5.74, 6) is -1.99. The van der Waals surface area contributed by atoms with E-state index in [0.29, 0.717) is 19.3 Å². The number of carbonyl (C=O) groups is 3. The summed E-state index contributed by atoms with van der Waals surface area (Å²) in [6.45, 7) is 6.81. The first-order chi connectivity index (χ1) is 32.3. The zero-order valence-electron chi connectivity index (χ0n) is 45.0. The molecule has 0 aliphatic rings. The van der Waals surface area contributed by atoms with Crippen molar-refractivity contribution in [1.82, 2.24) is 0 Å². The van der Waals surface area contributed by atoms with Crippen LogP contribution in [0.4, 0.5) is 0 Å². The van der Waals surface area contributed by atoms with Crippen molar-refractivity contribution in [2.24, 2.45) is 0 Å². The molecule has 0 aromatic rings. The number of allylic oxidation sites excluding steroid dienone is 6. The third-order valence-corrected chi connectivity index (χ3v) is 12.5. The first-order valence-corrected chi connectivity index (χ1v) is 28.9. The van der Waals surface area contributed by atoms with Crippen LogP contribution in [0.15, 0.2) is 36.5 Å². The Morgan fingerprint density at radius 1 is 0.239 bits per heavy atom. The van der Waals surface area contributed by atoms with E-state index in [2.05, 4.69) is 57.2 Å². The van der Waals surface area contributed by atoms with Crippen molar-refractivity contribution in [3.63, 3.8) is 0 Å². The van der Waals surface area contributed by atoms with E-state index >= 15 is 0 Å². The molecule has 0 amide bonds. The maximum Gasteiger partial charge on any atom is 0.303 e. The molecule has 3 N–H and O–H groups in total. The Hall–Kier alpha value is -1.02. The minimum absolute atomic E-state index is 0. The SMILES string of the molecule is CCCCCCCCCC/C=C\CCCCCCCC(=O)O.CCCCCCCCCC/C=C\CCCCCCCC(=O)O.CCCCCCCCCC/C=C\CCCCCCCC(=O)O.[Nd]. The molecule has 0 aliphatic carbocycles. The molecule has 0 fully saturated rings. The van der Waals surface area contributed by atoms with Crippen LogP contribution in [0.5, 0.6) is 0 Å². The fourth-order valence-corrected chi connectivity index (χ4v) is 8.10. The molecule has 0 radical (unpaired) electrons. The molecular formula is C60H114NdO6. The summed E-state index contributed by atoms with van der Waals surface area (Å²) in [5, 5.41) is 25.6. The zero-order chi connectivity index (χ0) is 48.9. The number of carboxylic acids is 3. The van der Waals surface area contributed by atoms with E-state index in [-0.39, 0.29) is 40.8 Å². The molecule has 6 nitrogen and oxygen atoms in total. The normalized spacial score (nSPS) is 11.1. The fraction of sp³-hybridized carbons (Fsp3) is 0.850. The van der Waals surface area contributed by atoms with Crippen molar-refractivity contribution in [3.8, 4) is 0 Å². The van der Waals surface area contributed by atoms with Gasteiger partial charge in [0.25, 0.3) is 0 Å². The summed E-state index contributed by atoms with van der Waals surface area (Å²) >= 11 is 0. The Balaban J connectivity index is -0.000000441. The second-order valence-electron chi connectivity index (χ2n) is 19.3. The zero-order valence-corrected chi connectivity index (χ0v) is 48.2. The molecule has 0 aromatic heterocycles. The number of carboxylic acid groups (broad SMARTS) is 3. The second-order valence-corrected chi connectivity index (χ2v) is 19.3. The van der Waals surface area contributed by atoms with Gasteiger partial charge in [0, 0.05) is 60.1 Å². The molecule has 7 heteroatoms. The number of hydrogen-bond acceptors (Lipinski definition) is 3. The van der Waals surface area contributed by atoms with E-state index in [1.807, 2.05) is 0 Å². The van der Waals surface area contributed by atoms with Crippen LogP contribution in [0.3, 0.4) is 0 Å². The Labute approximate surface area is 450 Å².